The molecule has 0 spiro atoms. The Morgan fingerprint density at radius 2 is 2.00 bits per heavy atom. The summed E-state index contributed by atoms with van der Waals surface area (Å²) in [5.74, 6) is 7.45. The van der Waals surface area contributed by atoms with Crippen molar-refractivity contribution in [2.75, 3.05) is 50.1 Å². The average Bonchev–Trinajstić information content (AvgIpc) is 2.96. The van der Waals surface area contributed by atoms with Crippen molar-refractivity contribution in [3.8, 4) is 11.8 Å². The quantitative estimate of drug-likeness (QED) is 0.775. The zero-order valence-corrected chi connectivity index (χ0v) is 14.6. The van der Waals surface area contributed by atoms with E-state index in [4.69, 9.17) is 4.98 Å². The lowest BCUT2D eigenvalue weighted by molar-refractivity contribution is 0.572. The van der Waals surface area contributed by atoms with Crippen molar-refractivity contribution in [2.45, 2.75) is 13.5 Å². The molecule has 0 unspecified atom stereocenters. The molecule has 2 aromatic rings. The highest BCUT2D eigenvalue weighted by atomic mass is 16.1. The summed E-state index contributed by atoms with van der Waals surface area (Å²) in [7, 11) is 5.48. The maximum absolute atomic E-state index is 12.7. The van der Waals surface area contributed by atoms with Gasteiger partial charge in [0.1, 0.15) is 11.0 Å². The van der Waals surface area contributed by atoms with E-state index in [2.05, 4.69) is 27.2 Å². The van der Waals surface area contributed by atoms with Gasteiger partial charge >= 0.3 is 0 Å². The first-order chi connectivity index (χ1) is 11.5. The van der Waals surface area contributed by atoms with Gasteiger partial charge < -0.3 is 15.1 Å². The van der Waals surface area contributed by atoms with E-state index in [1.165, 1.54) is 4.68 Å². The second-order valence-corrected chi connectivity index (χ2v) is 6.01. The normalized spacial score (nSPS) is 14.6. The maximum atomic E-state index is 12.7. The van der Waals surface area contributed by atoms with Crippen LogP contribution in [0.15, 0.2) is 4.79 Å². The van der Waals surface area contributed by atoms with E-state index in [0.29, 0.717) is 23.4 Å². The lowest BCUT2D eigenvalue weighted by atomic mass is 10.4. The van der Waals surface area contributed by atoms with Crippen molar-refractivity contribution in [2.24, 2.45) is 7.05 Å². The molecule has 0 atom stereocenters. The number of fused-ring (bicyclic) bond motifs is 1. The molecule has 0 amide bonds. The third-order valence-electron chi connectivity index (χ3n) is 4.14. The molecular weight excluding hydrogens is 306 g/mol. The Hall–Kier alpha value is -2.53. The van der Waals surface area contributed by atoms with E-state index in [0.717, 1.165) is 32.1 Å². The molecule has 8 nitrogen and oxygen atoms in total. The van der Waals surface area contributed by atoms with Crippen molar-refractivity contribution in [3.05, 3.63) is 10.4 Å². The van der Waals surface area contributed by atoms with Gasteiger partial charge in [-0.25, -0.2) is 9.67 Å². The second kappa shape index (κ2) is 6.53. The SMILES string of the molecule is CC#CCn1c(N2CCNCC2)nc2c(N(C)C)nn(C)c(=O)c21. The van der Waals surface area contributed by atoms with Crippen LogP contribution in [0, 0.1) is 11.8 Å². The molecule has 0 aromatic carbocycles. The van der Waals surface area contributed by atoms with Crippen LogP contribution in [0.5, 0.6) is 0 Å². The molecule has 1 saturated heterocycles. The van der Waals surface area contributed by atoms with Crippen molar-refractivity contribution >= 4 is 22.8 Å². The topological polar surface area (TPSA) is 71.2 Å². The lowest BCUT2D eigenvalue weighted by Gasteiger charge is -2.28. The Labute approximate surface area is 141 Å². The van der Waals surface area contributed by atoms with E-state index >= 15 is 0 Å². The highest BCUT2D eigenvalue weighted by molar-refractivity contribution is 5.88. The van der Waals surface area contributed by atoms with Crippen LogP contribution in [0.2, 0.25) is 0 Å². The molecule has 1 N–H and O–H groups in total. The van der Waals surface area contributed by atoms with Crippen LogP contribution in [0.3, 0.4) is 0 Å². The summed E-state index contributed by atoms with van der Waals surface area (Å²) < 4.78 is 3.30. The van der Waals surface area contributed by atoms with Crippen LogP contribution in [0.1, 0.15) is 6.92 Å². The van der Waals surface area contributed by atoms with Crippen molar-refractivity contribution in [3.63, 3.8) is 0 Å². The predicted octanol–water partition coefficient (Wildman–Crippen LogP) is -0.371. The van der Waals surface area contributed by atoms with Gasteiger partial charge in [0.15, 0.2) is 5.82 Å². The highest BCUT2D eigenvalue weighted by Crippen LogP contribution is 2.25. The summed E-state index contributed by atoms with van der Waals surface area (Å²) in [6, 6.07) is 0. The van der Waals surface area contributed by atoms with Crippen molar-refractivity contribution in [1.29, 1.82) is 0 Å². The molecule has 1 fully saturated rings. The Morgan fingerprint density at radius 3 is 2.62 bits per heavy atom. The predicted molar refractivity (Wildman–Crippen MR) is 95.6 cm³/mol. The Bertz CT molecular complexity index is 862. The largest absolute Gasteiger partial charge is 0.359 e. The zero-order valence-electron chi connectivity index (χ0n) is 14.6. The number of hydrogen-bond donors (Lipinski definition) is 1. The van der Waals surface area contributed by atoms with Crippen LogP contribution in [-0.4, -0.2) is 59.6 Å². The molecule has 1 aliphatic rings. The molecule has 0 bridgehead atoms. The molecule has 0 saturated carbocycles. The minimum atomic E-state index is -0.151. The first-order valence-corrected chi connectivity index (χ1v) is 8.04. The molecular formula is C16H23N7O. The minimum absolute atomic E-state index is 0.151. The number of aromatic nitrogens is 4. The van der Waals surface area contributed by atoms with Crippen molar-refractivity contribution < 1.29 is 0 Å². The number of imidazole rings is 1. The summed E-state index contributed by atoms with van der Waals surface area (Å²) in [6.07, 6.45) is 0. The van der Waals surface area contributed by atoms with Gasteiger partial charge in [-0.05, 0) is 6.92 Å². The van der Waals surface area contributed by atoms with E-state index in [1.54, 1.807) is 14.0 Å². The first-order valence-electron chi connectivity index (χ1n) is 8.04. The van der Waals surface area contributed by atoms with Gasteiger partial charge in [-0.3, -0.25) is 9.36 Å². The fraction of sp³-hybridized carbons (Fsp3) is 0.562. The number of anilines is 2. The van der Waals surface area contributed by atoms with E-state index in [1.807, 2.05) is 23.6 Å². The lowest BCUT2D eigenvalue weighted by Crippen LogP contribution is -2.44. The molecule has 0 aliphatic carbocycles. The zero-order chi connectivity index (χ0) is 17.3. The van der Waals surface area contributed by atoms with Crippen LogP contribution in [-0.2, 0) is 13.6 Å². The Morgan fingerprint density at radius 1 is 1.29 bits per heavy atom. The Kier molecular flexibility index (Phi) is 4.44. The molecule has 24 heavy (non-hydrogen) atoms. The fourth-order valence-corrected chi connectivity index (χ4v) is 2.92. The van der Waals surface area contributed by atoms with Gasteiger partial charge in [-0.2, -0.15) is 0 Å². The minimum Gasteiger partial charge on any atom is -0.359 e. The number of nitrogens with one attached hydrogen (secondary N) is 1. The number of piperazine rings is 1. The molecule has 1 aliphatic heterocycles. The van der Waals surface area contributed by atoms with Gasteiger partial charge in [-0.15, -0.1) is 11.0 Å². The third kappa shape index (κ3) is 2.71. The second-order valence-electron chi connectivity index (χ2n) is 6.01. The smallest absolute Gasteiger partial charge is 0.292 e. The monoisotopic (exact) mass is 329 g/mol. The van der Waals surface area contributed by atoms with Gasteiger partial charge in [-0.1, -0.05) is 5.92 Å². The van der Waals surface area contributed by atoms with Gasteiger partial charge in [0.05, 0.1) is 6.54 Å². The van der Waals surface area contributed by atoms with Crippen LogP contribution >= 0.6 is 0 Å². The average molecular weight is 329 g/mol. The van der Waals surface area contributed by atoms with Crippen LogP contribution in [0.4, 0.5) is 11.8 Å². The number of hydrogen-bond acceptors (Lipinski definition) is 6. The number of nitrogens with zero attached hydrogens (tertiary/aromatic N) is 6. The molecule has 8 heteroatoms. The maximum Gasteiger partial charge on any atom is 0.292 e. The van der Waals surface area contributed by atoms with E-state index in [-0.39, 0.29) is 5.56 Å². The Balaban J connectivity index is 2.29. The summed E-state index contributed by atoms with van der Waals surface area (Å²) >= 11 is 0. The summed E-state index contributed by atoms with van der Waals surface area (Å²) in [6.45, 7) is 5.76. The standard InChI is InChI=1S/C16H23N7O/c1-5-6-9-23-13-12(14(20(2)3)19-21(4)15(13)24)18-16(23)22-10-7-17-8-11-22/h17H,7-11H2,1-4H3. The van der Waals surface area contributed by atoms with E-state index < -0.39 is 0 Å². The van der Waals surface area contributed by atoms with Crippen molar-refractivity contribution in [1.82, 2.24) is 24.6 Å². The summed E-state index contributed by atoms with van der Waals surface area (Å²) in [5.41, 5.74) is 1.05. The van der Waals surface area contributed by atoms with Crippen LogP contribution in [0.25, 0.3) is 11.0 Å². The highest BCUT2D eigenvalue weighted by Gasteiger charge is 2.24. The third-order valence-corrected chi connectivity index (χ3v) is 4.14. The van der Waals surface area contributed by atoms with Crippen LogP contribution < -0.4 is 20.7 Å². The fourth-order valence-electron chi connectivity index (χ4n) is 2.92. The molecule has 0 radical (unpaired) electrons. The number of aryl methyl sites for hydroxylation is 1. The molecule has 3 heterocycles. The van der Waals surface area contributed by atoms with E-state index in [9.17, 15) is 4.79 Å². The molecule has 128 valence electrons. The first kappa shape index (κ1) is 16.3. The van der Waals surface area contributed by atoms with Gasteiger partial charge in [0.2, 0.25) is 5.95 Å². The summed E-state index contributed by atoms with van der Waals surface area (Å²) in [5, 5.41) is 7.71. The van der Waals surface area contributed by atoms with Gasteiger partial charge in [0, 0.05) is 47.3 Å². The molecule has 3 rings (SSSR count). The molecule has 2 aromatic heterocycles. The van der Waals surface area contributed by atoms with Gasteiger partial charge in [0.25, 0.3) is 5.56 Å². The number of rotatable bonds is 3. The summed E-state index contributed by atoms with van der Waals surface area (Å²) in [4.78, 5) is 21.6.